The minimum atomic E-state index is -0.478. The second-order valence-corrected chi connectivity index (χ2v) is 7.89. The van der Waals surface area contributed by atoms with Crippen molar-refractivity contribution < 1.29 is 0 Å². The molecule has 2 aromatic heterocycles. The van der Waals surface area contributed by atoms with Crippen molar-refractivity contribution in [2.45, 2.75) is 26.2 Å². The zero-order valence-electron chi connectivity index (χ0n) is 16.1. The standard InChI is InChI=1S/C23H21N3O2/c1-23(2,3)18-12-16-11-17(15-7-5-4-6-8-15)14-24-21(16)19(13-18)26-10-9-20(27)25-22(26)28/h4-14H,1-3H3,(H,25,27,28). The first kappa shape index (κ1) is 17.9. The third-order valence-electron chi connectivity index (χ3n) is 4.82. The highest BCUT2D eigenvalue weighted by Gasteiger charge is 2.18. The topological polar surface area (TPSA) is 67.8 Å². The Bertz CT molecular complexity index is 1280. The average Bonchev–Trinajstić information content (AvgIpc) is 2.67. The SMILES string of the molecule is CC(C)(C)c1cc(-n2ccc(=O)[nH]c2=O)c2ncc(-c3ccccc3)cc2c1. The number of nitrogens with zero attached hydrogens (tertiary/aromatic N) is 2. The Labute approximate surface area is 162 Å². The van der Waals surface area contributed by atoms with Crippen LogP contribution in [0.4, 0.5) is 0 Å². The summed E-state index contributed by atoms with van der Waals surface area (Å²) in [5.41, 5.74) is 3.54. The molecule has 0 saturated carbocycles. The van der Waals surface area contributed by atoms with E-state index in [2.05, 4.69) is 42.9 Å². The van der Waals surface area contributed by atoms with Crippen LogP contribution in [0, 0.1) is 0 Å². The van der Waals surface area contributed by atoms with Crippen LogP contribution in [-0.2, 0) is 5.41 Å². The number of rotatable bonds is 2. The largest absolute Gasteiger partial charge is 0.332 e. The first-order chi connectivity index (χ1) is 13.3. The number of H-pyrrole nitrogens is 1. The maximum absolute atomic E-state index is 12.4. The molecular formula is C23H21N3O2. The van der Waals surface area contributed by atoms with Crippen molar-refractivity contribution in [1.29, 1.82) is 0 Å². The Balaban J connectivity index is 2.03. The summed E-state index contributed by atoms with van der Waals surface area (Å²) in [6.07, 6.45) is 3.31. The fraction of sp³-hybridized carbons (Fsp3) is 0.174. The number of hydrogen-bond donors (Lipinski definition) is 1. The van der Waals surface area contributed by atoms with Gasteiger partial charge in [0, 0.05) is 29.4 Å². The second kappa shape index (κ2) is 6.60. The van der Waals surface area contributed by atoms with Crippen molar-refractivity contribution in [3.8, 4) is 16.8 Å². The van der Waals surface area contributed by atoms with Crippen LogP contribution >= 0.6 is 0 Å². The van der Waals surface area contributed by atoms with E-state index in [0.29, 0.717) is 11.2 Å². The number of pyridine rings is 1. The van der Waals surface area contributed by atoms with Crippen LogP contribution in [-0.4, -0.2) is 14.5 Å². The van der Waals surface area contributed by atoms with Crippen molar-refractivity contribution in [3.05, 3.63) is 93.4 Å². The molecule has 1 N–H and O–H groups in total. The molecule has 0 bridgehead atoms. The lowest BCUT2D eigenvalue weighted by molar-refractivity contribution is 0.590. The van der Waals surface area contributed by atoms with Gasteiger partial charge in [0.05, 0.1) is 11.2 Å². The maximum Gasteiger partial charge on any atom is 0.332 e. The summed E-state index contributed by atoms with van der Waals surface area (Å²) in [5, 5.41) is 0.946. The normalized spacial score (nSPS) is 11.7. The molecule has 0 amide bonds. The van der Waals surface area contributed by atoms with Crippen LogP contribution < -0.4 is 11.2 Å². The maximum atomic E-state index is 12.4. The fourth-order valence-corrected chi connectivity index (χ4v) is 3.24. The monoisotopic (exact) mass is 371 g/mol. The number of hydrogen-bond acceptors (Lipinski definition) is 3. The van der Waals surface area contributed by atoms with Crippen LogP contribution in [0.15, 0.2) is 76.6 Å². The van der Waals surface area contributed by atoms with Crippen molar-refractivity contribution in [3.63, 3.8) is 0 Å². The number of fused-ring (bicyclic) bond motifs is 1. The van der Waals surface area contributed by atoms with Crippen LogP contribution in [0.1, 0.15) is 26.3 Å². The third kappa shape index (κ3) is 3.27. The molecule has 0 radical (unpaired) electrons. The van der Waals surface area contributed by atoms with Gasteiger partial charge in [0.1, 0.15) is 0 Å². The molecule has 0 aliphatic heterocycles. The molecule has 4 rings (SSSR count). The van der Waals surface area contributed by atoms with Gasteiger partial charge in [-0.15, -0.1) is 0 Å². The first-order valence-corrected chi connectivity index (χ1v) is 9.15. The molecule has 140 valence electrons. The van der Waals surface area contributed by atoms with Crippen molar-refractivity contribution in [2.24, 2.45) is 0 Å². The molecular weight excluding hydrogens is 350 g/mol. The lowest BCUT2D eigenvalue weighted by Crippen LogP contribution is -2.28. The van der Waals surface area contributed by atoms with E-state index in [0.717, 1.165) is 22.1 Å². The molecule has 0 saturated heterocycles. The Morgan fingerprint density at radius 2 is 1.68 bits per heavy atom. The fourth-order valence-electron chi connectivity index (χ4n) is 3.24. The molecule has 2 aromatic carbocycles. The number of aromatic nitrogens is 3. The van der Waals surface area contributed by atoms with Crippen molar-refractivity contribution in [2.75, 3.05) is 0 Å². The van der Waals surface area contributed by atoms with Gasteiger partial charge >= 0.3 is 5.69 Å². The summed E-state index contributed by atoms with van der Waals surface area (Å²) in [6.45, 7) is 6.38. The van der Waals surface area contributed by atoms with Crippen LogP contribution in [0.25, 0.3) is 27.7 Å². The van der Waals surface area contributed by atoms with Gasteiger partial charge < -0.3 is 0 Å². The van der Waals surface area contributed by atoms with Gasteiger partial charge in [0.25, 0.3) is 5.56 Å². The Morgan fingerprint density at radius 1 is 0.929 bits per heavy atom. The Morgan fingerprint density at radius 3 is 2.36 bits per heavy atom. The molecule has 5 heteroatoms. The summed E-state index contributed by atoms with van der Waals surface area (Å²) >= 11 is 0. The number of aromatic amines is 1. The van der Waals surface area contributed by atoms with Gasteiger partial charge in [-0.2, -0.15) is 0 Å². The highest BCUT2D eigenvalue weighted by Crippen LogP contribution is 2.31. The molecule has 28 heavy (non-hydrogen) atoms. The average molecular weight is 371 g/mol. The molecule has 0 atom stereocenters. The summed E-state index contributed by atoms with van der Waals surface area (Å²) in [7, 11) is 0. The molecule has 5 nitrogen and oxygen atoms in total. The van der Waals surface area contributed by atoms with E-state index in [-0.39, 0.29) is 5.41 Å². The number of nitrogens with one attached hydrogen (secondary N) is 1. The van der Waals surface area contributed by atoms with E-state index in [1.807, 2.05) is 42.6 Å². The van der Waals surface area contributed by atoms with E-state index in [9.17, 15) is 9.59 Å². The lowest BCUT2D eigenvalue weighted by Gasteiger charge is -2.21. The Hall–Kier alpha value is -3.47. The minimum Gasteiger partial charge on any atom is -0.274 e. The zero-order chi connectivity index (χ0) is 19.9. The second-order valence-electron chi connectivity index (χ2n) is 7.89. The Kier molecular flexibility index (Phi) is 4.23. The van der Waals surface area contributed by atoms with E-state index >= 15 is 0 Å². The molecule has 2 heterocycles. The summed E-state index contributed by atoms with van der Waals surface area (Å²) < 4.78 is 1.44. The predicted molar refractivity (Wildman–Crippen MR) is 112 cm³/mol. The van der Waals surface area contributed by atoms with Gasteiger partial charge in [0.15, 0.2) is 0 Å². The third-order valence-corrected chi connectivity index (χ3v) is 4.82. The zero-order valence-corrected chi connectivity index (χ0v) is 16.1. The van der Waals surface area contributed by atoms with E-state index in [1.165, 1.54) is 16.8 Å². The smallest absolute Gasteiger partial charge is 0.274 e. The van der Waals surface area contributed by atoms with Crippen molar-refractivity contribution >= 4 is 10.9 Å². The van der Waals surface area contributed by atoms with Crippen LogP contribution in [0.3, 0.4) is 0 Å². The van der Waals surface area contributed by atoms with E-state index < -0.39 is 11.2 Å². The predicted octanol–water partition coefficient (Wildman–Crippen LogP) is 4.04. The van der Waals surface area contributed by atoms with Gasteiger partial charge in [-0.05, 0) is 34.7 Å². The van der Waals surface area contributed by atoms with Gasteiger partial charge in [0.2, 0.25) is 0 Å². The van der Waals surface area contributed by atoms with Crippen LogP contribution in [0.5, 0.6) is 0 Å². The molecule has 0 unspecified atom stereocenters. The van der Waals surface area contributed by atoms with Gasteiger partial charge in [-0.3, -0.25) is 19.3 Å². The summed E-state index contributed by atoms with van der Waals surface area (Å²) in [5.74, 6) is 0. The van der Waals surface area contributed by atoms with E-state index in [4.69, 9.17) is 0 Å². The number of benzene rings is 2. The van der Waals surface area contributed by atoms with E-state index in [1.54, 1.807) is 0 Å². The van der Waals surface area contributed by atoms with Crippen molar-refractivity contribution in [1.82, 2.24) is 14.5 Å². The van der Waals surface area contributed by atoms with Gasteiger partial charge in [-0.25, -0.2) is 4.79 Å². The molecule has 0 fully saturated rings. The summed E-state index contributed by atoms with van der Waals surface area (Å²) in [6, 6.07) is 17.6. The quantitative estimate of drug-likeness (QED) is 0.578. The molecule has 0 aliphatic carbocycles. The highest BCUT2D eigenvalue weighted by molar-refractivity contribution is 5.90. The lowest BCUT2D eigenvalue weighted by atomic mass is 9.85. The molecule has 0 spiro atoms. The first-order valence-electron chi connectivity index (χ1n) is 9.15. The van der Waals surface area contributed by atoms with Gasteiger partial charge in [-0.1, -0.05) is 51.1 Å². The highest BCUT2D eigenvalue weighted by atomic mass is 16.2. The molecule has 4 aromatic rings. The summed E-state index contributed by atoms with van der Waals surface area (Å²) in [4.78, 5) is 30.9. The van der Waals surface area contributed by atoms with Crippen LogP contribution in [0.2, 0.25) is 0 Å². The minimum absolute atomic E-state index is 0.114. The molecule has 0 aliphatic rings.